The standard InChI is InChI=1S/C18H16ClN5O3S/c19-13-5-3-12(4-6-13)16-21-22-18(24(16)10-14-2-1-9-27-14)28-11-15(25)23-8-7-20-17(23)26/h1-6,9H,7-8,10-11H2,(H,20,26). The number of nitrogens with one attached hydrogen (secondary N) is 1. The van der Waals surface area contributed by atoms with Crippen LogP contribution in [0.1, 0.15) is 5.76 Å². The lowest BCUT2D eigenvalue weighted by atomic mass is 10.2. The number of carbonyl (C=O) groups is 2. The van der Waals surface area contributed by atoms with Crippen LogP contribution in [0.15, 0.2) is 52.2 Å². The van der Waals surface area contributed by atoms with Gasteiger partial charge in [-0.05, 0) is 36.4 Å². The first-order chi connectivity index (χ1) is 13.6. The summed E-state index contributed by atoms with van der Waals surface area (Å²) in [5, 5.41) is 12.3. The van der Waals surface area contributed by atoms with Crippen LogP contribution in [0, 0.1) is 0 Å². The third kappa shape index (κ3) is 3.90. The molecule has 10 heteroatoms. The monoisotopic (exact) mass is 417 g/mol. The molecule has 0 bridgehead atoms. The van der Waals surface area contributed by atoms with Crippen molar-refractivity contribution in [2.75, 3.05) is 18.8 Å². The maximum Gasteiger partial charge on any atom is 0.324 e. The molecule has 3 heterocycles. The fraction of sp³-hybridized carbons (Fsp3) is 0.222. The molecule has 0 spiro atoms. The van der Waals surface area contributed by atoms with E-state index in [4.69, 9.17) is 16.0 Å². The minimum absolute atomic E-state index is 0.0876. The SMILES string of the molecule is O=C(CSc1nnc(-c2ccc(Cl)cc2)n1Cc1ccco1)N1CCNC1=O. The van der Waals surface area contributed by atoms with Crippen molar-refractivity contribution in [2.24, 2.45) is 0 Å². The molecule has 0 aliphatic carbocycles. The molecule has 1 aromatic carbocycles. The van der Waals surface area contributed by atoms with Crippen molar-refractivity contribution in [3.8, 4) is 11.4 Å². The van der Waals surface area contributed by atoms with Crippen LogP contribution in [-0.2, 0) is 11.3 Å². The van der Waals surface area contributed by atoms with E-state index in [1.165, 1.54) is 16.7 Å². The predicted octanol–water partition coefficient (Wildman–Crippen LogP) is 2.88. The number of carbonyl (C=O) groups excluding carboxylic acids is 2. The minimum Gasteiger partial charge on any atom is -0.467 e. The summed E-state index contributed by atoms with van der Waals surface area (Å²) >= 11 is 7.22. The van der Waals surface area contributed by atoms with Crippen molar-refractivity contribution >= 4 is 35.3 Å². The summed E-state index contributed by atoms with van der Waals surface area (Å²) in [6.45, 7) is 1.27. The topological polar surface area (TPSA) is 93.3 Å². The highest BCUT2D eigenvalue weighted by Gasteiger charge is 2.26. The Balaban J connectivity index is 1.58. The number of amides is 3. The molecule has 1 fully saturated rings. The van der Waals surface area contributed by atoms with E-state index in [9.17, 15) is 9.59 Å². The highest BCUT2D eigenvalue weighted by molar-refractivity contribution is 7.99. The Morgan fingerprint density at radius 2 is 2.07 bits per heavy atom. The summed E-state index contributed by atoms with van der Waals surface area (Å²) in [7, 11) is 0. The largest absolute Gasteiger partial charge is 0.467 e. The zero-order valence-corrected chi connectivity index (χ0v) is 16.2. The first-order valence-electron chi connectivity index (χ1n) is 8.54. The maximum absolute atomic E-state index is 12.3. The van der Waals surface area contributed by atoms with Gasteiger partial charge in [-0.1, -0.05) is 23.4 Å². The predicted molar refractivity (Wildman–Crippen MR) is 104 cm³/mol. The minimum atomic E-state index is -0.357. The molecule has 2 aromatic heterocycles. The number of thioether (sulfide) groups is 1. The second-order valence-corrected chi connectivity index (χ2v) is 7.42. The zero-order valence-electron chi connectivity index (χ0n) is 14.7. The Bertz CT molecular complexity index is 987. The van der Waals surface area contributed by atoms with Gasteiger partial charge in [0.15, 0.2) is 11.0 Å². The second-order valence-electron chi connectivity index (χ2n) is 6.04. The molecule has 0 radical (unpaired) electrons. The van der Waals surface area contributed by atoms with Crippen LogP contribution >= 0.6 is 23.4 Å². The van der Waals surface area contributed by atoms with Gasteiger partial charge in [0.05, 0.1) is 18.6 Å². The molecule has 0 unspecified atom stereocenters. The molecule has 0 atom stereocenters. The van der Waals surface area contributed by atoms with E-state index in [-0.39, 0.29) is 17.7 Å². The molecule has 0 saturated carbocycles. The molecule has 1 aliphatic rings. The number of furan rings is 1. The molecule has 3 amide bonds. The third-order valence-electron chi connectivity index (χ3n) is 4.20. The molecule has 3 aromatic rings. The smallest absolute Gasteiger partial charge is 0.324 e. The van der Waals surface area contributed by atoms with Crippen LogP contribution < -0.4 is 5.32 Å². The molecule has 8 nitrogen and oxygen atoms in total. The molecule has 1 N–H and O–H groups in total. The summed E-state index contributed by atoms with van der Waals surface area (Å²) < 4.78 is 7.34. The number of rotatable bonds is 6. The number of urea groups is 1. The number of nitrogens with zero attached hydrogens (tertiary/aromatic N) is 4. The first kappa shape index (κ1) is 18.6. The van der Waals surface area contributed by atoms with Gasteiger partial charge in [-0.2, -0.15) is 0 Å². The number of aromatic nitrogens is 3. The average Bonchev–Trinajstić information content (AvgIpc) is 3.43. The number of imide groups is 1. The summed E-state index contributed by atoms with van der Waals surface area (Å²) in [5.74, 6) is 1.20. The fourth-order valence-corrected chi connectivity index (χ4v) is 3.76. The number of halogens is 1. The van der Waals surface area contributed by atoms with Crippen LogP contribution in [0.5, 0.6) is 0 Å². The van der Waals surface area contributed by atoms with Gasteiger partial charge in [-0.15, -0.1) is 10.2 Å². The molecular weight excluding hydrogens is 402 g/mol. The average molecular weight is 418 g/mol. The van der Waals surface area contributed by atoms with E-state index in [1.807, 2.05) is 28.8 Å². The fourth-order valence-electron chi connectivity index (χ4n) is 2.82. The Hall–Kier alpha value is -2.78. The van der Waals surface area contributed by atoms with Crippen molar-refractivity contribution in [1.29, 1.82) is 0 Å². The Morgan fingerprint density at radius 3 is 2.75 bits per heavy atom. The van der Waals surface area contributed by atoms with Crippen molar-refractivity contribution in [1.82, 2.24) is 25.0 Å². The van der Waals surface area contributed by atoms with E-state index >= 15 is 0 Å². The van der Waals surface area contributed by atoms with E-state index < -0.39 is 0 Å². The number of hydrogen-bond donors (Lipinski definition) is 1. The zero-order chi connectivity index (χ0) is 19.5. The second kappa shape index (κ2) is 8.07. The summed E-state index contributed by atoms with van der Waals surface area (Å²) in [4.78, 5) is 25.2. The lowest BCUT2D eigenvalue weighted by Gasteiger charge is -2.12. The first-order valence-corrected chi connectivity index (χ1v) is 9.90. The lowest BCUT2D eigenvalue weighted by Crippen LogP contribution is -2.35. The van der Waals surface area contributed by atoms with Gasteiger partial charge in [0.1, 0.15) is 5.76 Å². The van der Waals surface area contributed by atoms with E-state index in [0.717, 1.165) is 11.3 Å². The maximum atomic E-state index is 12.3. The lowest BCUT2D eigenvalue weighted by molar-refractivity contribution is -0.124. The van der Waals surface area contributed by atoms with Gasteiger partial charge in [0.25, 0.3) is 0 Å². The van der Waals surface area contributed by atoms with Crippen LogP contribution in [0.25, 0.3) is 11.4 Å². The van der Waals surface area contributed by atoms with Crippen molar-refractivity contribution < 1.29 is 14.0 Å². The third-order valence-corrected chi connectivity index (χ3v) is 5.40. The quantitative estimate of drug-likeness (QED) is 0.620. The van der Waals surface area contributed by atoms with Crippen LogP contribution in [0.3, 0.4) is 0 Å². The normalized spacial score (nSPS) is 13.8. The van der Waals surface area contributed by atoms with Crippen LogP contribution in [-0.4, -0.2) is 50.4 Å². The summed E-state index contributed by atoms with van der Waals surface area (Å²) in [5.41, 5.74) is 0.848. The van der Waals surface area contributed by atoms with Crippen LogP contribution in [0.4, 0.5) is 4.79 Å². The highest BCUT2D eigenvalue weighted by atomic mass is 35.5. The molecular formula is C18H16ClN5O3S. The summed E-state index contributed by atoms with van der Waals surface area (Å²) in [6.07, 6.45) is 1.60. The van der Waals surface area contributed by atoms with Gasteiger partial charge >= 0.3 is 6.03 Å². The van der Waals surface area contributed by atoms with Gasteiger partial charge in [-0.25, -0.2) is 4.79 Å². The Labute approximate surface area is 169 Å². The van der Waals surface area contributed by atoms with Gasteiger partial charge in [-0.3, -0.25) is 14.3 Å². The van der Waals surface area contributed by atoms with Gasteiger partial charge in [0, 0.05) is 23.7 Å². The number of hydrogen-bond acceptors (Lipinski definition) is 6. The highest BCUT2D eigenvalue weighted by Crippen LogP contribution is 2.26. The van der Waals surface area contributed by atoms with Crippen LogP contribution in [0.2, 0.25) is 5.02 Å². The number of benzene rings is 1. The van der Waals surface area contributed by atoms with E-state index in [2.05, 4.69) is 15.5 Å². The molecule has 4 rings (SSSR count). The summed E-state index contributed by atoms with van der Waals surface area (Å²) in [6, 6.07) is 10.6. The van der Waals surface area contributed by atoms with Crippen molar-refractivity contribution in [2.45, 2.75) is 11.7 Å². The van der Waals surface area contributed by atoms with Crippen molar-refractivity contribution in [3.05, 3.63) is 53.4 Å². The molecule has 28 heavy (non-hydrogen) atoms. The Morgan fingerprint density at radius 1 is 1.25 bits per heavy atom. The Kier molecular flexibility index (Phi) is 5.36. The molecule has 1 aliphatic heterocycles. The van der Waals surface area contributed by atoms with Gasteiger partial charge in [0.2, 0.25) is 5.91 Å². The van der Waals surface area contributed by atoms with E-state index in [1.54, 1.807) is 18.4 Å². The van der Waals surface area contributed by atoms with Crippen molar-refractivity contribution in [3.63, 3.8) is 0 Å². The molecule has 144 valence electrons. The van der Waals surface area contributed by atoms with Gasteiger partial charge < -0.3 is 9.73 Å². The molecule has 1 saturated heterocycles. The van der Waals surface area contributed by atoms with E-state index in [0.29, 0.717) is 35.6 Å².